The molecule has 0 unspecified atom stereocenters. The van der Waals surface area contributed by atoms with Crippen LogP contribution in [-0.2, 0) is 6.42 Å². The first-order valence-corrected chi connectivity index (χ1v) is 5.34. The van der Waals surface area contributed by atoms with Crippen molar-refractivity contribution >= 4 is 0 Å². The van der Waals surface area contributed by atoms with Crippen LogP contribution in [0.15, 0.2) is 60.7 Å². The largest absolute Gasteiger partial charge is 0.0845 e. The molecule has 0 aliphatic rings. The van der Waals surface area contributed by atoms with Crippen LogP contribution in [0.4, 0.5) is 0 Å². The average molecular weight is 197 g/mol. The summed E-state index contributed by atoms with van der Waals surface area (Å²) in [5.41, 5.74) is 1.41. The summed E-state index contributed by atoms with van der Waals surface area (Å²) in [6.45, 7) is 5.20. The summed E-state index contributed by atoms with van der Waals surface area (Å²) >= 11 is 0. The Balaban J connectivity index is 2.14. The van der Waals surface area contributed by atoms with Gasteiger partial charge in [0.1, 0.15) is 0 Å². The van der Waals surface area contributed by atoms with Gasteiger partial charge in [-0.05, 0) is 24.8 Å². The average Bonchev–Trinajstić information content (AvgIpc) is 2.29. The molecular formula is C15H17. The Morgan fingerprint density at radius 3 is 2.53 bits per heavy atom. The van der Waals surface area contributed by atoms with Crippen molar-refractivity contribution in [3.05, 3.63) is 72.9 Å². The lowest BCUT2D eigenvalue weighted by Crippen LogP contribution is -1.82. The van der Waals surface area contributed by atoms with Crippen LogP contribution in [0.25, 0.3) is 0 Å². The normalized spacial score (nSPS) is 11.2. The second-order valence-corrected chi connectivity index (χ2v) is 3.38. The summed E-state index contributed by atoms with van der Waals surface area (Å²) in [6, 6.07) is 10.6. The Kier molecular flexibility index (Phi) is 5.99. The van der Waals surface area contributed by atoms with E-state index in [0.29, 0.717) is 0 Å². The summed E-state index contributed by atoms with van der Waals surface area (Å²) in [5.74, 6) is 0. The van der Waals surface area contributed by atoms with Crippen molar-refractivity contribution in [2.24, 2.45) is 0 Å². The first kappa shape index (κ1) is 11.5. The molecule has 0 heteroatoms. The number of aryl methyl sites for hydroxylation is 1. The second kappa shape index (κ2) is 7.81. The molecule has 0 saturated carbocycles. The molecule has 0 heterocycles. The van der Waals surface area contributed by atoms with E-state index in [0.717, 1.165) is 12.8 Å². The van der Waals surface area contributed by atoms with Crippen LogP contribution < -0.4 is 0 Å². The Bertz CT molecular complexity index is 317. The smallest absolute Gasteiger partial charge is 0.0276 e. The fourth-order valence-electron chi connectivity index (χ4n) is 1.37. The Hall–Kier alpha value is -1.56. The van der Waals surface area contributed by atoms with Gasteiger partial charge in [-0.2, -0.15) is 0 Å². The lowest BCUT2D eigenvalue weighted by Gasteiger charge is -1.97. The van der Waals surface area contributed by atoms with Crippen LogP contribution in [0.3, 0.4) is 0 Å². The predicted molar refractivity (Wildman–Crippen MR) is 66.5 cm³/mol. The van der Waals surface area contributed by atoms with Gasteiger partial charge in [0.25, 0.3) is 0 Å². The number of rotatable bonds is 6. The van der Waals surface area contributed by atoms with Gasteiger partial charge in [-0.1, -0.05) is 67.3 Å². The third-order valence-electron chi connectivity index (χ3n) is 2.15. The molecule has 0 atom stereocenters. The van der Waals surface area contributed by atoms with Crippen LogP contribution in [0, 0.1) is 6.58 Å². The monoisotopic (exact) mass is 197 g/mol. The van der Waals surface area contributed by atoms with E-state index < -0.39 is 0 Å². The lowest BCUT2D eigenvalue weighted by atomic mass is 10.1. The van der Waals surface area contributed by atoms with Gasteiger partial charge in [-0.15, -0.1) is 0 Å². The summed E-state index contributed by atoms with van der Waals surface area (Å²) in [7, 11) is 0. The second-order valence-electron chi connectivity index (χ2n) is 3.38. The topological polar surface area (TPSA) is 0 Å². The van der Waals surface area contributed by atoms with Crippen LogP contribution in [0.1, 0.15) is 18.4 Å². The highest BCUT2D eigenvalue weighted by Crippen LogP contribution is 2.04. The summed E-state index contributed by atoms with van der Waals surface area (Å²) in [6.07, 6.45) is 13.0. The quantitative estimate of drug-likeness (QED) is 0.475. The standard InChI is InChI=1S/C15H17/c1-2-3-4-5-6-7-9-12-15-13-10-8-11-14-15/h1-6,8,10-11,13-14H,7,9,12H2/b2-1?,4-3+,6-5+. The molecule has 0 saturated heterocycles. The van der Waals surface area contributed by atoms with Gasteiger partial charge in [-0.25, -0.2) is 0 Å². The van der Waals surface area contributed by atoms with Crippen molar-refractivity contribution in [1.82, 2.24) is 0 Å². The van der Waals surface area contributed by atoms with Crippen LogP contribution in [0.2, 0.25) is 0 Å². The zero-order chi connectivity index (χ0) is 10.8. The zero-order valence-electron chi connectivity index (χ0n) is 8.97. The maximum atomic E-state index is 5.20. The van der Waals surface area contributed by atoms with Crippen LogP contribution >= 0.6 is 0 Å². The van der Waals surface area contributed by atoms with Crippen molar-refractivity contribution in [1.29, 1.82) is 0 Å². The van der Waals surface area contributed by atoms with E-state index in [1.54, 1.807) is 0 Å². The first-order chi connectivity index (χ1) is 7.43. The molecule has 0 aromatic heterocycles. The van der Waals surface area contributed by atoms with Gasteiger partial charge in [0, 0.05) is 0 Å². The molecule has 0 N–H and O–H groups in total. The van der Waals surface area contributed by atoms with E-state index in [2.05, 4.69) is 36.4 Å². The van der Waals surface area contributed by atoms with Crippen LogP contribution in [-0.4, -0.2) is 0 Å². The van der Waals surface area contributed by atoms with Gasteiger partial charge in [0.05, 0.1) is 0 Å². The van der Waals surface area contributed by atoms with Crippen molar-refractivity contribution in [3.63, 3.8) is 0 Å². The highest BCUT2D eigenvalue weighted by atomic mass is 13.9. The minimum atomic E-state index is 1.11. The van der Waals surface area contributed by atoms with Gasteiger partial charge in [-0.3, -0.25) is 0 Å². The molecule has 0 fully saturated rings. The SMILES string of the molecule is [CH]=C/C=C/C=C/CCCc1ccccc1. The zero-order valence-corrected chi connectivity index (χ0v) is 8.97. The maximum absolute atomic E-state index is 5.20. The molecular weight excluding hydrogens is 180 g/mol. The fraction of sp³-hybridized carbons (Fsp3) is 0.200. The lowest BCUT2D eigenvalue weighted by molar-refractivity contribution is 0.843. The number of hydrogen-bond donors (Lipinski definition) is 0. The first-order valence-electron chi connectivity index (χ1n) is 5.34. The van der Waals surface area contributed by atoms with Crippen molar-refractivity contribution < 1.29 is 0 Å². The molecule has 1 rings (SSSR count). The van der Waals surface area contributed by atoms with Crippen molar-refractivity contribution in [2.45, 2.75) is 19.3 Å². The van der Waals surface area contributed by atoms with Crippen molar-refractivity contribution in [2.75, 3.05) is 0 Å². The molecule has 15 heavy (non-hydrogen) atoms. The van der Waals surface area contributed by atoms with Gasteiger partial charge < -0.3 is 0 Å². The van der Waals surface area contributed by atoms with E-state index in [4.69, 9.17) is 6.58 Å². The van der Waals surface area contributed by atoms with Crippen LogP contribution in [0.5, 0.6) is 0 Å². The fourth-order valence-corrected chi connectivity index (χ4v) is 1.37. The van der Waals surface area contributed by atoms with E-state index >= 15 is 0 Å². The van der Waals surface area contributed by atoms with E-state index in [-0.39, 0.29) is 0 Å². The summed E-state index contributed by atoms with van der Waals surface area (Å²) in [4.78, 5) is 0. The summed E-state index contributed by atoms with van der Waals surface area (Å²) in [5, 5.41) is 0. The Labute approximate surface area is 92.6 Å². The Morgan fingerprint density at radius 2 is 1.80 bits per heavy atom. The van der Waals surface area contributed by atoms with Gasteiger partial charge in [0.15, 0.2) is 0 Å². The van der Waals surface area contributed by atoms with E-state index in [1.807, 2.05) is 18.2 Å². The minimum Gasteiger partial charge on any atom is -0.0845 e. The minimum absolute atomic E-state index is 1.11. The van der Waals surface area contributed by atoms with Crippen molar-refractivity contribution in [3.8, 4) is 0 Å². The third kappa shape index (κ3) is 5.69. The predicted octanol–water partition coefficient (Wildman–Crippen LogP) is 4.11. The molecule has 0 aliphatic heterocycles. The van der Waals surface area contributed by atoms with E-state index in [1.165, 1.54) is 18.1 Å². The Morgan fingerprint density at radius 1 is 1.00 bits per heavy atom. The maximum Gasteiger partial charge on any atom is -0.0276 e. The summed E-state index contributed by atoms with van der Waals surface area (Å²) < 4.78 is 0. The molecule has 0 nitrogen and oxygen atoms in total. The molecule has 77 valence electrons. The highest BCUT2D eigenvalue weighted by Gasteiger charge is 1.88. The molecule has 0 bridgehead atoms. The molecule has 0 amide bonds. The number of allylic oxidation sites excluding steroid dienone is 5. The van der Waals surface area contributed by atoms with Gasteiger partial charge >= 0.3 is 0 Å². The van der Waals surface area contributed by atoms with Gasteiger partial charge in [0.2, 0.25) is 0 Å². The molecule has 0 spiro atoms. The highest BCUT2D eigenvalue weighted by molar-refractivity contribution is 5.14. The number of hydrogen-bond acceptors (Lipinski definition) is 0. The molecule has 1 radical (unpaired) electrons. The number of benzene rings is 1. The molecule has 1 aromatic rings. The molecule has 1 aromatic carbocycles. The van der Waals surface area contributed by atoms with E-state index in [9.17, 15) is 0 Å². The third-order valence-corrected chi connectivity index (χ3v) is 2.15. The molecule has 0 aliphatic carbocycles. The number of unbranched alkanes of at least 4 members (excludes halogenated alkanes) is 1.